The van der Waals surface area contributed by atoms with Crippen molar-refractivity contribution in [1.82, 2.24) is 0 Å². The second-order valence-corrected chi connectivity index (χ2v) is 8.74. The highest BCUT2D eigenvalue weighted by Gasteiger charge is 2.52. The van der Waals surface area contributed by atoms with E-state index in [0.717, 1.165) is 16.7 Å². The van der Waals surface area contributed by atoms with Gasteiger partial charge in [0.05, 0.1) is 0 Å². The number of carbonyl (C=O) groups excluding carboxylic acids is 4. The standard InChI is InChI=1S/C27H30O10/c1-14-6-7-21(12-22(14)32)19-8-10-20(11-9-19)24-26(35-17(4)30)27(36-18(5)31)25(34-16(3)29)23(37-24)13-33-15(2)28/h6-12,23-27,32H,13H2,1-5H3/t23?,24-,25+,26?,27?/m0/s1. The molecule has 2 aromatic carbocycles. The first-order chi connectivity index (χ1) is 17.5. The molecule has 10 heteroatoms. The predicted molar refractivity (Wildman–Crippen MR) is 129 cm³/mol. The summed E-state index contributed by atoms with van der Waals surface area (Å²) in [4.78, 5) is 47.4. The van der Waals surface area contributed by atoms with E-state index in [4.69, 9.17) is 23.7 Å². The highest BCUT2D eigenvalue weighted by atomic mass is 16.7. The van der Waals surface area contributed by atoms with Crippen LogP contribution in [-0.2, 0) is 42.9 Å². The Kier molecular flexibility index (Phi) is 8.88. The van der Waals surface area contributed by atoms with Crippen LogP contribution in [0.2, 0.25) is 0 Å². The van der Waals surface area contributed by atoms with Crippen molar-refractivity contribution in [2.45, 2.75) is 65.1 Å². The lowest BCUT2D eigenvalue weighted by molar-refractivity contribution is -0.254. The van der Waals surface area contributed by atoms with Gasteiger partial charge >= 0.3 is 23.9 Å². The second kappa shape index (κ2) is 11.9. The third-order valence-corrected chi connectivity index (χ3v) is 5.77. The van der Waals surface area contributed by atoms with E-state index in [1.165, 1.54) is 27.7 Å². The molecule has 1 aliphatic heterocycles. The van der Waals surface area contributed by atoms with Gasteiger partial charge in [-0.2, -0.15) is 0 Å². The molecule has 0 aromatic heterocycles. The zero-order valence-electron chi connectivity index (χ0n) is 21.3. The van der Waals surface area contributed by atoms with E-state index >= 15 is 0 Å². The lowest BCUT2D eigenvalue weighted by Crippen LogP contribution is -2.59. The normalized spacial score (nSPS) is 23.0. The van der Waals surface area contributed by atoms with Crippen LogP contribution in [0.5, 0.6) is 5.75 Å². The number of hydrogen-bond acceptors (Lipinski definition) is 10. The number of ether oxygens (including phenoxy) is 5. The Morgan fingerprint density at radius 1 is 0.757 bits per heavy atom. The number of aryl methyl sites for hydroxylation is 1. The van der Waals surface area contributed by atoms with Crippen LogP contribution in [0.4, 0.5) is 0 Å². The van der Waals surface area contributed by atoms with Crippen LogP contribution < -0.4 is 0 Å². The molecule has 1 fully saturated rings. The highest BCUT2D eigenvalue weighted by molar-refractivity contribution is 5.69. The molecule has 37 heavy (non-hydrogen) atoms. The number of hydrogen-bond donors (Lipinski definition) is 1. The van der Waals surface area contributed by atoms with Gasteiger partial charge in [-0.25, -0.2) is 0 Å². The molecule has 1 N–H and O–H groups in total. The zero-order valence-corrected chi connectivity index (χ0v) is 21.3. The lowest BCUT2D eigenvalue weighted by Gasteiger charge is -2.44. The van der Waals surface area contributed by atoms with Crippen molar-refractivity contribution in [2.24, 2.45) is 0 Å². The molecular weight excluding hydrogens is 484 g/mol. The molecule has 3 unspecified atom stereocenters. The Hall–Kier alpha value is -3.92. The van der Waals surface area contributed by atoms with Crippen LogP contribution in [-0.4, -0.2) is 60.0 Å². The number of carbonyl (C=O) groups is 4. The van der Waals surface area contributed by atoms with E-state index in [2.05, 4.69) is 0 Å². The molecule has 0 radical (unpaired) electrons. The average Bonchev–Trinajstić information content (AvgIpc) is 2.81. The molecule has 198 valence electrons. The Morgan fingerprint density at radius 3 is 1.84 bits per heavy atom. The molecule has 2 aromatic rings. The van der Waals surface area contributed by atoms with Gasteiger partial charge in [-0.1, -0.05) is 36.4 Å². The van der Waals surface area contributed by atoms with Gasteiger partial charge in [-0.3, -0.25) is 19.2 Å². The molecule has 1 heterocycles. The summed E-state index contributed by atoms with van der Waals surface area (Å²) in [6.07, 6.45) is -5.60. The van der Waals surface area contributed by atoms with Gasteiger partial charge < -0.3 is 28.8 Å². The smallest absolute Gasteiger partial charge is 0.303 e. The minimum absolute atomic E-state index is 0.168. The number of esters is 4. The molecule has 0 aliphatic carbocycles. The molecule has 0 saturated carbocycles. The quantitative estimate of drug-likeness (QED) is 0.434. The predicted octanol–water partition coefficient (Wildman–Crippen LogP) is 3.17. The van der Waals surface area contributed by atoms with Crippen molar-refractivity contribution in [3.63, 3.8) is 0 Å². The fourth-order valence-corrected chi connectivity index (χ4v) is 4.15. The summed E-state index contributed by atoms with van der Waals surface area (Å²) in [7, 11) is 0. The SMILES string of the molecule is CC(=O)OCC1O[C@@H](c2ccc(-c3ccc(C)c(O)c3)cc2)C(OC(C)=O)C(OC(C)=O)[C@@H]1OC(C)=O. The third-order valence-electron chi connectivity index (χ3n) is 5.77. The molecule has 10 nitrogen and oxygen atoms in total. The second-order valence-electron chi connectivity index (χ2n) is 8.74. The van der Waals surface area contributed by atoms with Crippen molar-refractivity contribution in [3.05, 3.63) is 53.6 Å². The Labute approximate surface area is 214 Å². The largest absolute Gasteiger partial charge is 0.508 e. The highest BCUT2D eigenvalue weighted by Crippen LogP contribution is 2.38. The number of rotatable bonds is 7. The molecule has 5 atom stereocenters. The third kappa shape index (κ3) is 7.07. The maximum atomic E-state index is 12.0. The molecular formula is C27H30O10. The lowest BCUT2D eigenvalue weighted by atomic mass is 9.89. The van der Waals surface area contributed by atoms with Gasteiger partial charge in [0, 0.05) is 27.7 Å². The van der Waals surface area contributed by atoms with Crippen LogP contribution in [0, 0.1) is 6.92 Å². The molecule has 0 bridgehead atoms. The fraction of sp³-hybridized carbons (Fsp3) is 0.407. The number of phenolic OH excluding ortho intramolecular Hbond substituents is 1. The molecule has 0 amide bonds. The van der Waals surface area contributed by atoms with E-state index in [-0.39, 0.29) is 12.4 Å². The Balaban J connectivity index is 2.03. The maximum absolute atomic E-state index is 12.0. The maximum Gasteiger partial charge on any atom is 0.303 e. The van der Waals surface area contributed by atoms with Crippen molar-refractivity contribution >= 4 is 23.9 Å². The minimum atomic E-state index is -1.24. The summed E-state index contributed by atoms with van der Waals surface area (Å²) in [6, 6.07) is 12.4. The summed E-state index contributed by atoms with van der Waals surface area (Å²) in [5.74, 6) is -2.47. The first kappa shape index (κ1) is 27.7. The minimum Gasteiger partial charge on any atom is -0.508 e. The van der Waals surface area contributed by atoms with Crippen LogP contribution in [0.1, 0.15) is 44.9 Å². The Morgan fingerprint density at radius 2 is 1.30 bits per heavy atom. The zero-order chi connectivity index (χ0) is 27.3. The Bertz CT molecular complexity index is 1160. The van der Waals surface area contributed by atoms with Gasteiger partial charge in [-0.15, -0.1) is 0 Å². The molecule has 1 saturated heterocycles. The van der Waals surface area contributed by atoms with Gasteiger partial charge in [-0.05, 0) is 35.2 Å². The fourth-order valence-electron chi connectivity index (χ4n) is 4.15. The van der Waals surface area contributed by atoms with Gasteiger partial charge in [0.2, 0.25) is 0 Å². The van der Waals surface area contributed by atoms with E-state index in [1.54, 1.807) is 43.3 Å². The summed E-state index contributed by atoms with van der Waals surface area (Å²) in [5, 5.41) is 10.1. The van der Waals surface area contributed by atoms with Crippen LogP contribution in [0.3, 0.4) is 0 Å². The summed E-state index contributed by atoms with van der Waals surface area (Å²) >= 11 is 0. The number of aromatic hydroxyl groups is 1. The van der Waals surface area contributed by atoms with Gasteiger partial charge in [0.1, 0.15) is 24.6 Å². The average molecular weight is 515 g/mol. The van der Waals surface area contributed by atoms with E-state index < -0.39 is 54.4 Å². The summed E-state index contributed by atoms with van der Waals surface area (Å²) in [6.45, 7) is 6.26. The van der Waals surface area contributed by atoms with E-state index in [9.17, 15) is 24.3 Å². The molecule has 3 rings (SSSR count). The monoisotopic (exact) mass is 514 g/mol. The van der Waals surface area contributed by atoms with Crippen molar-refractivity contribution in [3.8, 4) is 16.9 Å². The molecule has 0 spiro atoms. The van der Waals surface area contributed by atoms with E-state index in [0.29, 0.717) is 5.56 Å². The van der Waals surface area contributed by atoms with Crippen LogP contribution in [0.15, 0.2) is 42.5 Å². The van der Waals surface area contributed by atoms with Crippen molar-refractivity contribution in [2.75, 3.05) is 6.61 Å². The van der Waals surface area contributed by atoms with Crippen LogP contribution >= 0.6 is 0 Å². The first-order valence-electron chi connectivity index (χ1n) is 11.7. The molecule has 1 aliphatic rings. The summed E-state index contributed by atoms with van der Waals surface area (Å²) < 4.78 is 27.7. The first-order valence-corrected chi connectivity index (χ1v) is 11.7. The number of phenols is 1. The van der Waals surface area contributed by atoms with Gasteiger partial charge in [0.15, 0.2) is 18.3 Å². The van der Waals surface area contributed by atoms with Crippen molar-refractivity contribution < 1.29 is 48.0 Å². The van der Waals surface area contributed by atoms with Crippen LogP contribution in [0.25, 0.3) is 11.1 Å². The number of benzene rings is 2. The topological polar surface area (TPSA) is 135 Å². The van der Waals surface area contributed by atoms with Gasteiger partial charge in [0.25, 0.3) is 0 Å². The summed E-state index contributed by atoms with van der Waals surface area (Å²) in [5.41, 5.74) is 2.91. The van der Waals surface area contributed by atoms with Crippen molar-refractivity contribution in [1.29, 1.82) is 0 Å². The van der Waals surface area contributed by atoms with E-state index in [1.807, 2.05) is 6.07 Å².